The second kappa shape index (κ2) is 3.94. The lowest BCUT2D eigenvalue weighted by Crippen LogP contribution is -2.15. The molecule has 0 saturated heterocycles. The number of anilines is 1. The van der Waals surface area contributed by atoms with Gasteiger partial charge in [-0.1, -0.05) is 0 Å². The maximum absolute atomic E-state index is 12.1. The first-order chi connectivity index (χ1) is 9.04. The Morgan fingerprint density at radius 2 is 2.05 bits per heavy atom. The monoisotopic (exact) mass is 255 g/mol. The van der Waals surface area contributed by atoms with E-state index in [-0.39, 0.29) is 5.56 Å². The third-order valence-corrected chi connectivity index (χ3v) is 2.93. The smallest absolute Gasteiger partial charge is 0.260 e. The predicted octanol–water partition coefficient (Wildman–Crippen LogP) is 1.31. The Labute approximate surface area is 108 Å². The number of nitrogens with zero attached hydrogens (tertiary/aromatic N) is 3. The molecule has 96 valence electrons. The van der Waals surface area contributed by atoms with E-state index in [2.05, 4.69) is 15.1 Å². The number of aromatic amines is 1. The molecule has 0 aliphatic heterocycles. The van der Waals surface area contributed by atoms with Gasteiger partial charge in [0.1, 0.15) is 0 Å². The van der Waals surface area contributed by atoms with Gasteiger partial charge in [0.05, 0.1) is 16.6 Å². The van der Waals surface area contributed by atoms with Crippen molar-refractivity contribution in [3.8, 4) is 5.95 Å². The average molecular weight is 255 g/mol. The Hall–Kier alpha value is -2.63. The van der Waals surface area contributed by atoms with Crippen molar-refractivity contribution in [3.05, 3.63) is 46.0 Å². The average Bonchev–Trinajstić information content (AvgIpc) is 2.69. The molecule has 3 aromatic rings. The summed E-state index contributed by atoms with van der Waals surface area (Å²) >= 11 is 0. The molecule has 0 aliphatic rings. The molecule has 0 spiro atoms. The van der Waals surface area contributed by atoms with Crippen LogP contribution in [0.3, 0.4) is 0 Å². The quantitative estimate of drug-likeness (QED) is 0.641. The van der Waals surface area contributed by atoms with E-state index in [0.717, 1.165) is 11.4 Å². The van der Waals surface area contributed by atoms with Crippen molar-refractivity contribution in [2.24, 2.45) is 0 Å². The number of fused-ring (bicyclic) bond motifs is 1. The molecule has 6 nitrogen and oxygen atoms in total. The van der Waals surface area contributed by atoms with Crippen LogP contribution in [0.15, 0.2) is 29.1 Å². The van der Waals surface area contributed by atoms with E-state index in [4.69, 9.17) is 5.73 Å². The summed E-state index contributed by atoms with van der Waals surface area (Å²) in [7, 11) is 0. The number of benzene rings is 1. The SMILES string of the molecule is Cc1cc(C)n(-c2nc3ccc(N)cc3c(=O)[nH]2)n1. The minimum absolute atomic E-state index is 0.222. The molecule has 3 N–H and O–H groups in total. The number of aryl methyl sites for hydroxylation is 2. The first kappa shape index (κ1) is 11.5. The van der Waals surface area contributed by atoms with Crippen LogP contribution in [-0.2, 0) is 0 Å². The van der Waals surface area contributed by atoms with Crippen molar-refractivity contribution in [2.45, 2.75) is 13.8 Å². The second-order valence-corrected chi connectivity index (χ2v) is 4.51. The predicted molar refractivity (Wildman–Crippen MR) is 73.4 cm³/mol. The van der Waals surface area contributed by atoms with Crippen LogP contribution >= 0.6 is 0 Å². The third kappa shape index (κ3) is 1.87. The van der Waals surface area contributed by atoms with Crippen LogP contribution in [0.4, 0.5) is 5.69 Å². The second-order valence-electron chi connectivity index (χ2n) is 4.51. The molecule has 3 rings (SSSR count). The maximum Gasteiger partial charge on any atom is 0.260 e. The topological polar surface area (TPSA) is 89.6 Å². The van der Waals surface area contributed by atoms with E-state index in [9.17, 15) is 4.79 Å². The Morgan fingerprint density at radius 3 is 2.74 bits per heavy atom. The lowest BCUT2D eigenvalue weighted by atomic mass is 10.2. The summed E-state index contributed by atoms with van der Waals surface area (Å²) in [6, 6.07) is 6.99. The van der Waals surface area contributed by atoms with E-state index in [1.54, 1.807) is 22.9 Å². The zero-order valence-electron chi connectivity index (χ0n) is 10.6. The van der Waals surface area contributed by atoms with E-state index < -0.39 is 0 Å². The molecule has 0 aliphatic carbocycles. The van der Waals surface area contributed by atoms with Crippen LogP contribution in [0, 0.1) is 13.8 Å². The Balaban J connectivity index is 2.30. The lowest BCUT2D eigenvalue weighted by Gasteiger charge is -2.05. The standard InChI is InChI=1S/C13H13N5O/c1-7-5-8(2)18(17-7)13-15-11-4-3-9(14)6-10(11)12(19)16-13/h3-6H,14H2,1-2H3,(H,15,16,19). The summed E-state index contributed by atoms with van der Waals surface area (Å²) in [6.45, 7) is 3.80. The highest BCUT2D eigenvalue weighted by Gasteiger charge is 2.09. The third-order valence-electron chi connectivity index (χ3n) is 2.93. The number of nitrogens with two attached hydrogens (primary N) is 1. The summed E-state index contributed by atoms with van der Waals surface area (Å²) in [5.41, 5.74) is 8.37. The van der Waals surface area contributed by atoms with Gasteiger partial charge >= 0.3 is 0 Å². The number of hydrogen-bond donors (Lipinski definition) is 2. The molecule has 0 radical (unpaired) electrons. The maximum atomic E-state index is 12.1. The Kier molecular flexibility index (Phi) is 2.38. The van der Waals surface area contributed by atoms with Gasteiger partial charge in [-0.05, 0) is 38.1 Å². The van der Waals surface area contributed by atoms with Gasteiger partial charge in [-0.25, -0.2) is 9.67 Å². The minimum Gasteiger partial charge on any atom is -0.399 e. The van der Waals surface area contributed by atoms with Crippen LogP contribution in [0.1, 0.15) is 11.4 Å². The molecular weight excluding hydrogens is 242 g/mol. The number of nitrogens with one attached hydrogen (secondary N) is 1. The molecule has 0 amide bonds. The van der Waals surface area contributed by atoms with E-state index in [1.807, 2.05) is 19.9 Å². The van der Waals surface area contributed by atoms with Crippen molar-refractivity contribution in [3.63, 3.8) is 0 Å². The Morgan fingerprint density at radius 1 is 1.26 bits per heavy atom. The molecule has 19 heavy (non-hydrogen) atoms. The molecule has 6 heteroatoms. The summed E-state index contributed by atoms with van der Waals surface area (Å²) < 4.78 is 1.62. The normalized spacial score (nSPS) is 11.1. The van der Waals surface area contributed by atoms with Gasteiger partial charge in [0, 0.05) is 11.4 Å². The lowest BCUT2D eigenvalue weighted by molar-refractivity contribution is 0.775. The van der Waals surface area contributed by atoms with E-state index in [1.165, 1.54) is 0 Å². The zero-order chi connectivity index (χ0) is 13.6. The number of rotatable bonds is 1. The highest BCUT2D eigenvalue weighted by molar-refractivity contribution is 5.81. The van der Waals surface area contributed by atoms with Crippen molar-refractivity contribution >= 4 is 16.6 Å². The minimum atomic E-state index is -0.222. The van der Waals surface area contributed by atoms with Gasteiger partial charge in [0.15, 0.2) is 0 Å². The van der Waals surface area contributed by atoms with Gasteiger partial charge in [0.2, 0.25) is 5.95 Å². The molecule has 1 aromatic carbocycles. The summed E-state index contributed by atoms with van der Waals surface area (Å²) in [5.74, 6) is 0.410. The van der Waals surface area contributed by atoms with Crippen LogP contribution < -0.4 is 11.3 Å². The summed E-state index contributed by atoms with van der Waals surface area (Å²) in [6.07, 6.45) is 0. The molecule has 2 heterocycles. The van der Waals surface area contributed by atoms with E-state index in [0.29, 0.717) is 22.5 Å². The molecule has 0 saturated carbocycles. The van der Waals surface area contributed by atoms with E-state index >= 15 is 0 Å². The summed E-state index contributed by atoms with van der Waals surface area (Å²) in [5, 5.41) is 4.78. The van der Waals surface area contributed by atoms with Crippen LogP contribution in [-0.4, -0.2) is 19.7 Å². The fourth-order valence-electron chi connectivity index (χ4n) is 2.09. The van der Waals surface area contributed by atoms with Gasteiger partial charge in [-0.3, -0.25) is 9.78 Å². The van der Waals surface area contributed by atoms with Crippen molar-refractivity contribution in [2.75, 3.05) is 5.73 Å². The Bertz CT molecular complexity index is 831. The van der Waals surface area contributed by atoms with Crippen LogP contribution in [0.5, 0.6) is 0 Å². The van der Waals surface area contributed by atoms with Crippen LogP contribution in [0.2, 0.25) is 0 Å². The largest absolute Gasteiger partial charge is 0.399 e. The highest BCUT2D eigenvalue weighted by Crippen LogP contribution is 2.13. The highest BCUT2D eigenvalue weighted by atomic mass is 16.1. The zero-order valence-corrected chi connectivity index (χ0v) is 10.6. The molecule has 0 unspecified atom stereocenters. The van der Waals surface area contributed by atoms with Gasteiger partial charge in [-0.15, -0.1) is 0 Å². The van der Waals surface area contributed by atoms with Crippen LogP contribution in [0.25, 0.3) is 16.9 Å². The van der Waals surface area contributed by atoms with Crippen molar-refractivity contribution in [1.29, 1.82) is 0 Å². The van der Waals surface area contributed by atoms with Crippen molar-refractivity contribution in [1.82, 2.24) is 19.7 Å². The number of nitrogen functional groups attached to an aromatic ring is 1. The molecule has 0 atom stereocenters. The first-order valence-electron chi connectivity index (χ1n) is 5.88. The number of H-pyrrole nitrogens is 1. The molecular formula is C13H13N5O. The summed E-state index contributed by atoms with van der Waals surface area (Å²) in [4.78, 5) is 19.2. The first-order valence-corrected chi connectivity index (χ1v) is 5.88. The molecule has 0 fully saturated rings. The molecule has 2 aromatic heterocycles. The number of hydrogen-bond acceptors (Lipinski definition) is 4. The van der Waals surface area contributed by atoms with Gasteiger partial charge in [0.25, 0.3) is 5.56 Å². The number of aromatic nitrogens is 4. The van der Waals surface area contributed by atoms with Gasteiger partial charge in [-0.2, -0.15) is 5.10 Å². The van der Waals surface area contributed by atoms with Gasteiger partial charge < -0.3 is 5.73 Å². The molecule has 0 bridgehead atoms. The van der Waals surface area contributed by atoms with Crippen molar-refractivity contribution < 1.29 is 0 Å². The fraction of sp³-hybridized carbons (Fsp3) is 0.154. The fourth-order valence-corrected chi connectivity index (χ4v) is 2.09.